The predicted octanol–water partition coefficient (Wildman–Crippen LogP) is 4.65. The first-order chi connectivity index (χ1) is 18.3. The summed E-state index contributed by atoms with van der Waals surface area (Å²) in [5, 5.41) is 7.25. The number of amides is 2. The molecular weight excluding hydrogens is 492 g/mol. The summed E-state index contributed by atoms with van der Waals surface area (Å²) in [6.45, 7) is 6.11. The fourth-order valence-electron chi connectivity index (χ4n) is 4.48. The lowest BCUT2D eigenvalue weighted by molar-refractivity contribution is 0.160. The molecule has 0 spiro atoms. The highest BCUT2D eigenvalue weighted by molar-refractivity contribution is 5.88. The average molecular weight is 530 g/mol. The summed E-state index contributed by atoms with van der Waals surface area (Å²) in [4.78, 5) is 13.5. The maximum absolute atomic E-state index is 13.1. The van der Waals surface area contributed by atoms with Gasteiger partial charge < -0.3 is 20.1 Å². The number of likely N-dealkylation sites (tertiary alicyclic amines) is 1. The molecule has 1 aromatic heterocycles. The highest BCUT2D eigenvalue weighted by Crippen LogP contribution is 2.28. The van der Waals surface area contributed by atoms with Crippen LogP contribution in [0.3, 0.4) is 0 Å². The lowest BCUT2D eigenvalue weighted by Gasteiger charge is -2.15. The van der Waals surface area contributed by atoms with Gasteiger partial charge in [-0.15, -0.1) is 0 Å². The molecule has 4 rings (SSSR count). The highest BCUT2D eigenvalue weighted by atomic mass is 19.2. The summed E-state index contributed by atoms with van der Waals surface area (Å²) in [5.41, 5.74) is 8.88. The number of nitrogens with zero attached hydrogens (tertiary/aromatic N) is 3. The Morgan fingerprint density at radius 2 is 1.84 bits per heavy atom. The van der Waals surface area contributed by atoms with Crippen LogP contribution in [-0.2, 0) is 15.9 Å². The Morgan fingerprint density at radius 3 is 2.50 bits per heavy atom. The number of halogens is 2. The van der Waals surface area contributed by atoms with Crippen LogP contribution in [0.15, 0.2) is 48.5 Å². The molecule has 0 saturated carbocycles. The molecule has 1 atom stereocenters. The van der Waals surface area contributed by atoms with Crippen molar-refractivity contribution in [1.82, 2.24) is 14.7 Å². The Morgan fingerprint density at radius 1 is 1.11 bits per heavy atom. The van der Waals surface area contributed by atoms with Crippen molar-refractivity contribution < 1.29 is 23.0 Å². The maximum Gasteiger partial charge on any atom is 0.317 e. The van der Waals surface area contributed by atoms with E-state index in [9.17, 15) is 13.6 Å². The molecule has 8 nitrogen and oxygen atoms in total. The number of aromatic nitrogens is 2. The maximum atomic E-state index is 13.1. The Labute approximate surface area is 222 Å². The van der Waals surface area contributed by atoms with Crippen LogP contribution in [-0.4, -0.2) is 67.8 Å². The van der Waals surface area contributed by atoms with Gasteiger partial charge in [0.25, 0.3) is 0 Å². The number of hydrogen-bond donors (Lipinski definition) is 2. The molecule has 2 aromatic carbocycles. The smallest absolute Gasteiger partial charge is 0.317 e. The van der Waals surface area contributed by atoms with Crippen LogP contribution in [0.4, 0.5) is 19.4 Å². The normalized spacial score (nSPS) is 15.2. The molecule has 2 heterocycles. The largest absolute Gasteiger partial charge is 0.385 e. The zero-order valence-electron chi connectivity index (χ0n) is 22.3. The van der Waals surface area contributed by atoms with Crippen molar-refractivity contribution in [3.8, 4) is 5.69 Å². The van der Waals surface area contributed by atoms with E-state index in [-0.39, 0.29) is 0 Å². The Kier molecular flexibility index (Phi) is 11.2. The molecule has 10 heteroatoms. The zero-order chi connectivity index (χ0) is 27.5. The van der Waals surface area contributed by atoms with Crippen molar-refractivity contribution >= 4 is 11.8 Å². The topological polar surface area (TPSA) is 94.6 Å². The number of rotatable bonds is 10. The molecule has 0 bridgehead atoms. The molecule has 1 aliphatic heterocycles. The lowest BCUT2D eigenvalue weighted by Crippen LogP contribution is -2.24. The third-order valence-electron chi connectivity index (χ3n) is 6.52. The van der Waals surface area contributed by atoms with Crippen molar-refractivity contribution in [2.24, 2.45) is 5.73 Å². The van der Waals surface area contributed by atoms with E-state index in [4.69, 9.17) is 15.2 Å². The van der Waals surface area contributed by atoms with E-state index >= 15 is 0 Å². The Balaban J connectivity index is 0.000000215. The summed E-state index contributed by atoms with van der Waals surface area (Å²) in [7, 11) is 3.36. The molecule has 1 saturated heterocycles. The number of nitrogens with one attached hydrogen (secondary N) is 1. The predicted molar refractivity (Wildman–Crippen MR) is 144 cm³/mol. The van der Waals surface area contributed by atoms with Gasteiger partial charge in [0.15, 0.2) is 11.6 Å². The van der Waals surface area contributed by atoms with Crippen LogP contribution in [0, 0.1) is 18.6 Å². The van der Waals surface area contributed by atoms with Crippen LogP contribution in [0.5, 0.6) is 0 Å². The van der Waals surface area contributed by atoms with E-state index in [1.165, 1.54) is 12.1 Å². The number of methoxy groups -OCH3 is 2. The van der Waals surface area contributed by atoms with Gasteiger partial charge in [0, 0.05) is 39.5 Å². The second-order valence-electron chi connectivity index (χ2n) is 9.21. The minimum atomic E-state index is -0.775. The van der Waals surface area contributed by atoms with Crippen LogP contribution >= 0.6 is 0 Å². The van der Waals surface area contributed by atoms with Gasteiger partial charge in [-0.05, 0) is 68.5 Å². The van der Waals surface area contributed by atoms with Crippen molar-refractivity contribution in [3.05, 3.63) is 77.0 Å². The first kappa shape index (κ1) is 29.2. The van der Waals surface area contributed by atoms with Gasteiger partial charge in [-0.1, -0.05) is 24.3 Å². The first-order valence-electron chi connectivity index (χ1n) is 12.7. The number of nitrogens with two attached hydrogens (primary N) is 1. The van der Waals surface area contributed by atoms with Gasteiger partial charge in [0.05, 0.1) is 18.0 Å². The van der Waals surface area contributed by atoms with E-state index < -0.39 is 17.7 Å². The number of hydrogen-bond acceptors (Lipinski definition) is 5. The SMILES string of the molecule is COCCCc1nn(-c2ccccc2)c(NC(N)=O)c1C.COCCN1CCC(c2ccc(F)c(F)c2)C1. The quantitative estimate of drug-likeness (QED) is 0.373. The fourth-order valence-corrected chi connectivity index (χ4v) is 4.48. The molecule has 1 aliphatic rings. The number of ether oxygens (including phenoxy) is 2. The lowest BCUT2D eigenvalue weighted by atomic mass is 9.98. The molecule has 0 aliphatic carbocycles. The summed E-state index contributed by atoms with van der Waals surface area (Å²) >= 11 is 0. The monoisotopic (exact) mass is 529 g/mol. The number of aryl methyl sites for hydroxylation is 1. The van der Waals surface area contributed by atoms with Crippen molar-refractivity contribution in [3.63, 3.8) is 0 Å². The van der Waals surface area contributed by atoms with Gasteiger partial charge >= 0.3 is 6.03 Å². The molecule has 0 radical (unpaired) electrons. The van der Waals surface area contributed by atoms with Crippen molar-refractivity contribution in [2.45, 2.75) is 32.1 Å². The average Bonchev–Trinajstić information content (AvgIpc) is 3.50. The first-order valence-corrected chi connectivity index (χ1v) is 12.7. The number of anilines is 1. The van der Waals surface area contributed by atoms with Gasteiger partial charge in [-0.2, -0.15) is 5.10 Å². The minimum Gasteiger partial charge on any atom is -0.385 e. The fraction of sp³-hybridized carbons (Fsp3) is 0.429. The van der Waals surface area contributed by atoms with E-state index in [0.29, 0.717) is 24.9 Å². The molecule has 1 unspecified atom stereocenters. The number of urea groups is 1. The molecule has 2 amide bonds. The minimum absolute atomic E-state index is 0.307. The van der Waals surface area contributed by atoms with Gasteiger partial charge in [0.2, 0.25) is 0 Å². The summed E-state index contributed by atoms with van der Waals surface area (Å²) in [6.07, 6.45) is 2.65. The number of benzene rings is 2. The van der Waals surface area contributed by atoms with E-state index in [0.717, 1.165) is 61.4 Å². The number of carbonyl (C=O) groups excluding carboxylic acids is 1. The van der Waals surface area contributed by atoms with Crippen molar-refractivity contribution in [1.29, 1.82) is 0 Å². The summed E-state index contributed by atoms with van der Waals surface area (Å²) in [5.74, 6) is -0.607. The van der Waals surface area contributed by atoms with E-state index in [1.54, 1.807) is 25.0 Å². The third-order valence-corrected chi connectivity index (χ3v) is 6.52. The van der Waals surface area contributed by atoms with Gasteiger partial charge in [-0.25, -0.2) is 18.3 Å². The zero-order valence-corrected chi connectivity index (χ0v) is 22.3. The summed E-state index contributed by atoms with van der Waals surface area (Å²) in [6, 6.07) is 13.2. The highest BCUT2D eigenvalue weighted by Gasteiger charge is 2.24. The van der Waals surface area contributed by atoms with E-state index in [2.05, 4.69) is 15.3 Å². The second kappa shape index (κ2) is 14.6. The van der Waals surface area contributed by atoms with Crippen LogP contribution < -0.4 is 11.1 Å². The van der Waals surface area contributed by atoms with Crippen LogP contribution in [0.1, 0.15) is 35.6 Å². The van der Waals surface area contributed by atoms with E-state index in [1.807, 2.05) is 37.3 Å². The molecular formula is C28H37F2N5O3. The Hall–Kier alpha value is -3.34. The molecule has 1 fully saturated rings. The Bertz CT molecular complexity index is 1170. The molecule has 38 heavy (non-hydrogen) atoms. The van der Waals surface area contributed by atoms with Crippen molar-refractivity contribution in [2.75, 3.05) is 52.4 Å². The summed E-state index contributed by atoms with van der Waals surface area (Å²) < 4.78 is 37.8. The third kappa shape index (κ3) is 8.08. The second-order valence-corrected chi connectivity index (χ2v) is 9.21. The van der Waals surface area contributed by atoms with Crippen LogP contribution in [0.25, 0.3) is 5.69 Å². The molecule has 206 valence electrons. The number of primary amides is 1. The molecule has 3 aromatic rings. The number of para-hydroxylation sites is 1. The number of carbonyl (C=O) groups is 1. The van der Waals surface area contributed by atoms with Gasteiger partial charge in [-0.3, -0.25) is 5.32 Å². The van der Waals surface area contributed by atoms with Gasteiger partial charge in [0.1, 0.15) is 5.82 Å². The standard InChI is InChI=1S/C15H20N4O2.C13H17F2NO/c1-11-13(9-6-10-21-2)18-19(14(11)17-15(16)20)12-7-4-3-5-8-12;1-17-7-6-16-5-4-11(9-16)10-2-3-12(14)13(15)8-10/h3-5,7-8H,6,9-10H2,1-2H3,(H3,16,17,20);2-3,8,11H,4-7,9H2,1H3. The van der Waals surface area contributed by atoms with Crippen LogP contribution in [0.2, 0.25) is 0 Å². The molecule has 3 N–H and O–H groups in total.